The molecule has 0 radical (unpaired) electrons. The fraction of sp³-hybridized carbons (Fsp3) is 0.600. The van der Waals surface area contributed by atoms with E-state index in [1.807, 2.05) is 0 Å². The van der Waals surface area contributed by atoms with Crippen molar-refractivity contribution < 1.29 is 0 Å². The van der Waals surface area contributed by atoms with Gasteiger partial charge in [-0.05, 0) is 43.0 Å². The molecule has 1 unspecified atom stereocenters. The summed E-state index contributed by atoms with van der Waals surface area (Å²) in [7, 11) is 0. The van der Waals surface area contributed by atoms with Crippen LogP contribution in [0.1, 0.15) is 36.9 Å². The first-order chi connectivity index (χ1) is 8.81. The van der Waals surface area contributed by atoms with Crippen molar-refractivity contribution in [1.29, 1.82) is 0 Å². The highest BCUT2D eigenvalue weighted by Gasteiger charge is 2.34. The molecule has 0 bridgehead atoms. The van der Waals surface area contributed by atoms with Gasteiger partial charge in [0.2, 0.25) is 0 Å². The Kier molecular flexibility index (Phi) is 3.73. The van der Waals surface area contributed by atoms with Crippen molar-refractivity contribution in [3.05, 3.63) is 33.8 Å². The average Bonchev–Trinajstić information content (AvgIpc) is 2.71. The summed E-state index contributed by atoms with van der Waals surface area (Å²) in [6.07, 6.45) is 3.76. The van der Waals surface area contributed by atoms with Gasteiger partial charge in [-0.3, -0.25) is 4.90 Å². The van der Waals surface area contributed by atoms with E-state index in [0.717, 1.165) is 6.04 Å². The van der Waals surface area contributed by atoms with Gasteiger partial charge in [0, 0.05) is 29.6 Å². The first-order valence-electron chi connectivity index (χ1n) is 7.05. The van der Waals surface area contributed by atoms with Crippen LogP contribution in [0, 0.1) is 0 Å². The van der Waals surface area contributed by atoms with Crippen LogP contribution in [0.5, 0.6) is 0 Å². The largest absolute Gasteiger partial charge is 0.314 e. The number of halogens is 1. The third-order valence-corrected chi connectivity index (χ3v) is 5.04. The highest BCUT2D eigenvalue weighted by molar-refractivity contribution is 9.10. The van der Waals surface area contributed by atoms with E-state index in [2.05, 4.69) is 51.3 Å². The Hall–Kier alpha value is -0.380. The molecule has 1 N–H and O–H groups in total. The maximum absolute atomic E-state index is 3.70. The maximum atomic E-state index is 3.70. The molecule has 1 aliphatic carbocycles. The first kappa shape index (κ1) is 12.6. The molecule has 1 atom stereocenters. The van der Waals surface area contributed by atoms with Gasteiger partial charge in [0.25, 0.3) is 0 Å². The third kappa shape index (κ3) is 2.13. The minimum Gasteiger partial charge on any atom is -0.314 e. The topological polar surface area (TPSA) is 15.3 Å². The van der Waals surface area contributed by atoms with Crippen LogP contribution in [0.4, 0.5) is 0 Å². The van der Waals surface area contributed by atoms with E-state index < -0.39 is 0 Å². The number of benzene rings is 1. The van der Waals surface area contributed by atoms with E-state index in [9.17, 15) is 0 Å². The first-order valence-corrected chi connectivity index (χ1v) is 7.84. The standard InChI is InChI=1S/C15H21BrN2/c1-2-8-18(11-9-17-10-11)15-7-6-12-13(15)4-3-5-14(12)16/h3-5,11,15,17H,2,6-10H2,1H3. The molecule has 0 spiro atoms. The fourth-order valence-electron chi connectivity index (χ4n) is 3.29. The number of fused-ring (bicyclic) bond motifs is 1. The lowest BCUT2D eigenvalue weighted by atomic mass is 10.0. The molecule has 2 aliphatic rings. The minimum absolute atomic E-state index is 0.643. The molecule has 3 heteroatoms. The molecule has 1 fully saturated rings. The minimum atomic E-state index is 0.643. The fourth-order valence-corrected chi connectivity index (χ4v) is 3.87. The summed E-state index contributed by atoms with van der Waals surface area (Å²) in [5, 5.41) is 3.41. The zero-order valence-corrected chi connectivity index (χ0v) is 12.5. The quantitative estimate of drug-likeness (QED) is 0.919. The maximum Gasteiger partial charge on any atom is 0.0358 e. The lowest BCUT2D eigenvalue weighted by Gasteiger charge is -2.42. The zero-order chi connectivity index (χ0) is 12.5. The number of nitrogens with zero attached hydrogens (tertiary/aromatic N) is 1. The molecule has 1 saturated heterocycles. The molecule has 1 heterocycles. The number of hydrogen-bond donors (Lipinski definition) is 1. The van der Waals surface area contributed by atoms with Crippen molar-refractivity contribution in [2.24, 2.45) is 0 Å². The van der Waals surface area contributed by atoms with Crippen molar-refractivity contribution >= 4 is 15.9 Å². The van der Waals surface area contributed by atoms with Crippen LogP contribution in [0.3, 0.4) is 0 Å². The Morgan fingerprint density at radius 2 is 2.22 bits per heavy atom. The van der Waals surface area contributed by atoms with Crippen molar-refractivity contribution in [3.8, 4) is 0 Å². The Morgan fingerprint density at radius 1 is 1.39 bits per heavy atom. The second-order valence-electron chi connectivity index (χ2n) is 5.41. The summed E-state index contributed by atoms with van der Waals surface area (Å²) in [6.45, 7) is 5.85. The summed E-state index contributed by atoms with van der Waals surface area (Å²) in [4.78, 5) is 2.73. The van der Waals surface area contributed by atoms with E-state index in [1.165, 1.54) is 48.9 Å². The molecule has 2 nitrogen and oxygen atoms in total. The molecule has 1 aromatic carbocycles. The van der Waals surface area contributed by atoms with Gasteiger partial charge in [0.05, 0.1) is 0 Å². The summed E-state index contributed by atoms with van der Waals surface area (Å²) < 4.78 is 1.30. The summed E-state index contributed by atoms with van der Waals surface area (Å²) in [5.74, 6) is 0. The predicted octanol–water partition coefficient (Wildman–Crippen LogP) is 3.12. The lowest BCUT2D eigenvalue weighted by molar-refractivity contribution is 0.0944. The Bertz CT molecular complexity index is 429. The van der Waals surface area contributed by atoms with Crippen molar-refractivity contribution in [1.82, 2.24) is 10.2 Å². The molecule has 98 valence electrons. The van der Waals surface area contributed by atoms with Crippen LogP contribution in [0.25, 0.3) is 0 Å². The molecular weight excluding hydrogens is 288 g/mol. The summed E-state index contributed by atoms with van der Waals surface area (Å²) in [5.41, 5.74) is 3.10. The van der Waals surface area contributed by atoms with Crippen LogP contribution >= 0.6 is 15.9 Å². The van der Waals surface area contributed by atoms with E-state index in [-0.39, 0.29) is 0 Å². The molecule has 0 aromatic heterocycles. The normalized spacial score (nSPS) is 23.2. The molecular formula is C15H21BrN2. The lowest BCUT2D eigenvalue weighted by Crippen LogP contribution is -2.57. The SMILES string of the molecule is CCCN(C1CNC1)C1CCc2c(Br)cccc21. The highest BCUT2D eigenvalue weighted by atomic mass is 79.9. The molecule has 18 heavy (non-hydrogen) atoms. The van der Waals surface area contributed by atoms with Gasteiger partial charge >= 0.3 is 0 Å². The van der Waals surface area contributed by atoms with Crippen LogP contribution < -0.4 is 5.32 Å². The summed E-state index contributed by atoms with van der Waals surface area (Å²) >= 11 is 3.70. The van der Waals surface area contributed by atoms with Crippen molar-refractivity contribution in [3.63, 3.8) is 0 Å². The smallest absolute Gasteiger partial charge is 0.0358 e. The summed E-state index contributed by atoms with van der Waals surface area (Å²) in [6, 6.07) is 8.08. The van der Waals surface area contributed by atoms with Gasteiger partial charge in [-0.2, -0.15) is 0 Å². The van der Waals surface area contributed by atoms with E-state index in [4.69, 9.17) is 0 Å². The molecule has 1 aromatic rings. The molecule has 1 aliphatic heterocycles. The Morgan fingerprint density at radius 3 is 2.89 bits per heavy atom. The van der Waals surface area contributed by atoms with Gasteiger partial charge < -0.3 is 5.32 Å². The van der Waals surface area contributed by atoms with Gasteiger partial charge in [0.15, 0.2) is 0 Å². The number of hydrogen-bond acceptors (Lipinski definition) is 2. The average molecular weight is 309 g/mol. The molecule has 3 rings (SSSR count). The van der Waals surface area contributed by atoms with Crippen LogP contribution in [0.2, 0.25) is 0 Å². The van der Waals surface area contributed by atoms with Crippen LogP contribution in [-0.2, 0) is 6.42 Å². The van der Waals surface area contributed by atoms with Crippen molar-refractivity contribution in [2.75, 3.05) is 19.6 Å². The molecule has 0 amide bonds. The van der Waals surface area contributed by atoms with Gasteiger partial charge in [0.1, 0.15) is 0 Å². The monoisotopic (exact) mass is 308 g/mol. The Balaban J connectivity index is 1.86. The third-order valence-electron chi connectivity index (χ3n) is 4.29. The number of nitrogens with one attached hydrogen (secondary N) is 1. The second-order valence-corrected chi connectivity index (χ2v) is 6.27. The van der Waals surface area contributed by atoms with Gasteiger partial charge in [-0.1, -0.05) is 35.0 Å². The highest BCUT2D eigenvalue weighted by Crippen LogP contribution is 2.40. The van der Waals surface area contributed by atoms with E-state index in [0.29, 0.717) is 6.04 Å². The molecule has 0 saturated carbocycles. The van der Waals surface area contributed by atoms with E-state index >= 15 is 0 Å². The van der Waals surface area contributed by atoms with Crippen LogP contribution in [-0.4, -0.2) is 30.6 Å². The number of rotatable bonds is 4. The predicted molar refractivity (Wildman–Crippen MR) is 78.9 cm³/mol. The zero-order valence-electron chi connectivity index (χ0n) is 11.0. The van der Waals surface area contributed by atoms with E-state index in [1.54, 1.807) is 5.56 Å². The Labute approximate surface area is 118 Å². The van der Waals surface area contributed by atoms with Gasteiger partial charge in [-0.15, -0.1) is 0 Å². The van der Waals surface area contributed by atoms with Crippen LogP contribution in [0.15, 0.2) is 22.7 Å². The second kappa shape index (κ2) is 5.32. The van der Waals surface area contributed by atoms with Crippen molar-refractivity contribution in [2.45, 2.75) is 38.3 Å². The van der Waals surface area contributed by atoms with Gasteiger partial charge in [-0.25, -0.2) is 0 Å².